The van der Waals surface area contributed by atoms with Crippen LogP contribution in [-0.2, 0) is 0 Å². The Hall–Kier alpha value is -5.67. The number of fused-ring (bicyclic) bond motifs is 2. The van der Waals surface area contributed by atoms with Gasteiger partial charge in [-0.1, -0.05) is 208 Å². The fourth-order valence-corrected chi connectivity index (χ4v) is 15.0. The first-order valence-corrected chi connectivity index (χ1v) is 24.2. The number of benzene rings is 8. The Bertz CT molecular complexity index is 2670. The molecule has 0 aromatic heterocycles. The standard InChI is InChI=1S/C55H46SSi/c1-57(2)49-33-18-17-32-48(49)56-55-50(57)35-34-45(38-24-15-16-25-38)53(55)43-30-19-31-44(36-43)54-51(41-26-11-5-12-27-41)46(39-20-7-3-8-21-39)37-47(40-22-9-4-10-23-40)52(54)42-28-13-6-14-29-42/h3-14,17-23,26-38H,15-16,24-25H2,1-2H3/i38D. The summed E-state index contributed by atoms with van der Waals surface area (Å²) in [6, 6.07) is 69.4. The van der Waals surface area contributed by atoms with Crippen molar-refractivity contribution in [2.75, 3.05) is 0 Å². The molecule has 1 saturated carbocycles. The van der Waals surface area contributed by atoms with E-state index in [0.717, 1.165) is 25.7 Å². The van der Waals surface area contributed by atoms with Crippen LogP contribution in [0.25, 0.3) is 66.8 Å². The zero-order chi connectivity index (χ0) is 39.3. The van der Waals surface area contributed by atoms with E-state index >= 15 is 0 Å². The van der Waals surface area contributed by atoms with Gasteiger partial charge in [-0.25, -0.2) is 0 Å². The van der Waals surface area contributed by atoms with Crippen LogP contribution in [0.2, 0.25) is 13.1 Å². The van der Waals surface area contributed by atoms with Gasteiger partial charge in [0.1, 0.15) is 8.07 Å². The molecule has 1 heterocycles. The van der Waals surface area contributed by atoms with E-state index in [1.54, 1.807) is 0 Å². The first kappa shape index (κ1) is 34.6. The quantitative estimate of drug-likeness (QED) is 0.146. The van der Waals surface area contributed by atoms with Gasteiger partial charge in [0.05, 0.1) is 0 Å². The molecule has 0 radical (unpaired) electrons. The van der Waals surface area contributed by atoms with Gasteiger partial charge in [-0.05, 0) is 120 Å². The Morgan fingerprint density at radius 3 is 1.47 bits per heavy atom. The first-order chi connectivity index (χ1) is 28.4. The van der Waals surface area contributed by atoms with Gasteiger partial charge in [0.2, 0.25) is 0 Å². The van der Waals surface area contributed by atoms with Gasteiger partial charge < -0.3 is 0 Å². The second-order valence-electron chi connectivity index (χ2n) is 16.0. The molecule has 2 aliphatic rings. The summed E-state index contributed by atoms with van der Waals surface area (Å²) < 4.78 is 10.0. The van der Waals surface area contributed by atoms with Crippen molar-refractivity contribution in [1.82, 2.24) is 0 Å². The Labute approximate surface area is 344 Å². The minimum absolute atomic E-state index is 0.609. The zero-order valence-electron chi connectivity index (χ0n) is 33.6. The summed E-state index contributed by atoms with van der Waals surface area (Å²) in [5.74, 6) is -0.609. The molecule has 10 rings (SSSR count). The van der Waals surface area contributed by atoms with Crippen molar-refractivity contribution >= 4 is 30.2 Å². The minimum Gasteiger partial charge on any atom is -0.0897 e. The summed E-state index contributed by atoms with van der Waals surface area (Å²) in [7, 11) is -2.04. The Morgan fingerprint density at radius 2 is 0.912 bits per heavy atom. The van der Waals surface area contributed by atoms with E-state index in [9.17, 15) is 1.37 Å². The van der Waals surface area contributed by atoms with E-state index in [2.05, 4.69) is 201 Å². The zero-order valence-corrected chi connectivity index (χ0v) is 34.5. The van der Waals surface area contributed by atoms with Crippen LogP contribution in [0.4, 0.5) is 0 Å². The SMILES string of the molecule is [2H]C1(c2ccc3c(c2-c2cccc(-c4c(-c5ccccc5)c(-c5ccccc5)cc(-c5ccccc5)c4-c4ccccc4)c2)Sc2ccccc2[Si]3(C)C)CCCC1. The van der Waals surface area contributed by atoms with E-state index < -0.39 is 14.0 Å². The summed E-state index contributed by atoms with van der Waals surface area (Å²) in [6.45, 7) is 5.02. The predicted octanol–water partition coefficient (Wildman–Crippen LogP) is 14.6. The Morgan fingerprint density at radius 1 is 0.439 bits per heavy atom. The van der Waals surface area contributed by atoms with Crippen molar-refractivity contribution in [3.63, 3.8) is 0 Å². The first-order valence-electron chi connectivity index (χ1n) is 20.9. The fourth-order valence-electron chi connectivity index (χ4n) is 9.46. The molecule has 0 nitrogen and oxygen atoms in total. The van der Waals surface area contributed by atoms with Crippen LogP contribution in [-0.4, -0.2) is 8.07 Å². The van der Waals surface area contributed by atoms with Gasteiger partial charge in [-0.2, -0.15) is 0 Å². The maximum atomic E-state index is 10.0. The summed E-state index contributed by atoms with van der Waals surface area (Å²) >= 11 is 1.93. The third-order valence-electron chi connectivity index (χ3n) is 12.3. The molecule has 57 heavy (non-hydrogen) atoms. The van der Waals surface area contributed by atoms with Crippen LogP contribution in [0, 0.1) is 0 Å². The maximum Gasteiger partial charge on any atom is 0.115 e. The largest absolute Gasteiger partial charge is 0.115 e. The normalized spacial score (nSPS) is 15.4. The summed E-state index contributed by atoms with van der Waals surface area (Å²) in [5, 5.41) is 2.99. The van der Waals surface area contributed by atoms with Crippen LogP contribution in [0.3, 0.4) is 0 Å². The second kappa shape index (κ2) is 15.0. The highest BCUT2D eigenvalue weighted by atomic mass is 32.2. The molecule has 0 spiro atoms. The maximum absolute atomic E-state index is 10.0. The van der Waals surface area contributed by atoms with Crippen LogP contribution >= 0.6 is 11.8 Å². The smallest absolute Gasteiger partial charge is 0.0897 e. The number of hydrogen-bond acceptors (Lipinski definition) is 1. The van der Waals surface area contributed by atoms with E-state index in [0.29, 0.717) is 0 Å². The molecule has 1 fully saturated rings. The third-order valence-corrected chi connectivity index (χ3v) is 17.4. The lowest BCUT2D eigenvalue weighted by atomic mass is 9.78. The van der Waals surface area contributed by atoms with Gasteiger partial charge in [-0.15, -0.1) is 0 Å². The van der Waals surface area contributed by atoms with Crippen LogP contribution in [0.15, 0.2) is 198 Å². The third kappa shape index (κ3) is 6.42. The molecule has 2 heteroatoms. The number of rotatable bonds is 7. The fraction of sp³-hybridized carbons (Fsp3) is 0.127. The lowest BCUT2D eigenvalue weighted by molar-refractivity contribution is 0.723. The highest BCUT2D eigenvalue weighted by molar-refractivity contribution is 8.00. The molecule has 0 atom stereocenters. The van der Waals surface area contributed by atoms with Crippen molar-refractivity contribution in [3.05, 3.63) is 194 Å². The summed E-state index contributed by atoms with van der Waals surface area (Å²) in [6.07, 6.45) is 4.00. The molecule has 1 aliphatic carbocycles. The highest BCUT2D eigenvalue weighted by Gasteiger charge is 2.38. The van der Waals surface area contributed by atoms with Gasteiger partial charge in [0.25, 0.3) is 0 Å². The molecular formula is C55H46SSi. The lowest BCUT2D eigenvalue weighted by Gasteiger charge is -2.35. The van der Waals surface area contributed by atoms with Crippen LogP contribution < -0.4 is 10.4 Å². The van der Waals surface area contributed by atoms with Crippen molar-refractivity contribution in [3.8, 4) is 66.8 Å². The van der Waals surface area contributed by atoms with Crippen LogP contribution in [0.1, 0.15) is 38.5 Å². The molecule has 8 aromatic rings. The molecule has 0 unspecified atom stereocenters. The monoisotopic (exact) mass is 767 g/mol. The van der Waals surface area contributed by atoms with E-state index in [-0.39, 0.29) is 0 Å². The molecule has 0 amide bonds. The number of hydrogen-bond donors (Lipinski definition) is 0. The van der Waals surface area contributed by atoms with Gasteiger partial charge in [0, 0.05) is 11.2 Å². The van der Waals surface area contributed by atoms with E-state index in [1.807, 2.05) is 11.8 Å². The van der Waals surface area contributed by atoms with Crippen molar-refractivity contribution in [1.29, 1.82) is 0 Å². The molecule has 1 aliphatic heterocycles. The van der Waals surface area contributed by atoms with Gasteiger partial charge >= 0.3 is 0 Å². The summed E-state index contributed by atoms with van der Waals surface area (Å²) in [5.41, 5.74) is 15.7. The molecule has 0 N–H and O–H groups in total. The van der Waals surface area contributed by atoms with Crippen molar-refractivity contribution in [2.45, 2.75) is 54.5 Å². The topological polar surface area (TPSA) is 0 Å². The van der Waals surface area contributed by atoms with Crippen LogP contribution in [0.5, 0.6) is 0 Å². The van der Waals surface area contributed by atoms with E-state index in [1.165, 1.54) is 92.5 Å². The summed E-state index contributed by atoms with van der Waals surface area (Å²) in [4.78, 5) is 2.73. The van der Waals surface area contributed by atoms with E-state index in [4.69, 9.17) is 0 Å². The minimum atomic E-state index is -2.04. The lowest BCUT2D eigenvalue weighted by Crippen LogP contribution is -2.56. The molecular weight excluding hydrogens is 721 g/mol. The Kier molecular flexibility index (Phi) is 9.10. The van der Waals surface area contributed by atoms with Crippen molar-refractivity contribution < 1.29 is 1.37 Å². The molecule has 0 bridgehead atoms. The predicted molar refractivity (Wildman–Crippen MR) is 248 cm³/mol. The van der Waals surface area contributed by atoms with Gasteiger partial charge in [0.15, 0.2) is 0 Å². The average Bonchev–Trinajstić information content (AvgIpc) is 3.73. The molecule has 0 saturated heterocycles. The average molecular weight is 768 g/mol. The molecule has 276 valence electrons. The van der Waals surface area contributed by atoms with Gasteiger partial charge in [-0.3, -0.25) is 0 Å². The van der Waals surface area contributed by atoms with Crippen molar-refractivity contribution in [2.24, 2.45) is 0 Å². The second-order valence-corrected chi connectivity index (χ2v) is 21.4. The Balaban J connectivity index is 1.32. The highest BCUT2D eigenvalue weighted by Crippen LogP contribution is 2.52. The molecule has 8 aromatic carbocycles.